The number of aliphatic imine (C=N–C) groups is 1. The molecule has 6 nitrogen and oxygen atoms in total. The second-order valence-corrected chi connectivity index (χ2v) is 7.47. The number of halogens is 1. The van der Waals surface area contributed by atoms with Crippen molar-refractivity contribution in [2.45, 2.75) is 33.2 Å². The fourth-order valence-electron chi connectivity index (χ4n) is 3.70. The Morgan fingerprint density at radius 3 is 2.38 bits per heavy atom. The number of nitrogens with one attached hydrogen (secondary N) is 2. The zero-order chi connectivity index (χ0) is 20.2. The smallest absolute Gasteiger partial charge is 0.191 e. The molecule has 1 fully saturated rings. The van der Waals surface area contributed by atoms with Gasteiger partial charge in [-0.2, -0.15) is 0 Å². The quantitative estimate of drug-likeness (QED) is 0.217. The summed E-state index contributed by atoms with van der Waals surface area (Å²) in [6.45, 7) is 16.5. The van der Waals surface area contributed by atoms with E-state index < -0.39 is 0 Å². The number of para-hydroxylation sites is 1. The second-order valence-electron chi connectivity index (χ2n) is 7.47. The molecule has 0 aliphatic carbocycles. The molecule has 1 aromatic carbocycles. The summed E-state index contributed by atoms with van der Waals surface area (Å²) in [5, 5.41) is 6.96. The summed E-state index contributed by atoms with van der Waals surface area (Å²) >= 11 is 0. The molecule has 1 aliphatic rings. The van der Waals surface area contributed by atoms with Crippen LogP contribution in [-0.2, 0) is 0 Å². The lowest BCUT2D eigenvalue weighted by molar-refractivity contribution is 0.107. The van der Waals surface area contributed by atoms with Gasteiger partial charge >= 0.3 is 0 Å². The van der Waals surface area contributed by atoms with Gasteiger partial charge in [-0.15, -0.1) is 24.0 Å². The summed E-state index contributed by atoms with van der Waals surface area (Å²) in [6.07, 6.45) is 1.08. The minimum Gasteiger partial charge on any atom is -0.372 e. The number of guanidine groups is 1. The summed E-state index contributed by atoms with van der Waals surface area (Å²) in [6, 6.07) is 11.2. The Morgan fingerprint density at radius 1 is 1.10 bits per heavy atom. The molecular formula is C22H41IN6. The van der Waals surface area contributed by atoms with Crippen LogP contribution in [-0.4, -0.2) is 87.8 Å². The van der Waals surface area contributed by atoms with Crippen LogP contribution in [0.1, 0.15) is 27.2 Å². The Morgan fingerprint density at radius 2 is 1.79 bits per heavy atom. The molecule has 0 aromatic heterocycles. The first-order chi connectivity index (χ1) is 13.7. The van der Waals surface area contributed by atoms with E-state index in [9.17, 15) is 0 Å². The van der Waals surface area contributed by atoms with Gasteiger partial charge in [-0.3, -0.25) is 9.89 Å². The summed E-state index contributed by atoms with van der Waals surface area (Å²) in [5.74, 6) is 0.904. The molecule has 7 heteroatoms. The Balaban J connectivity index is 0.00000420. The van der Waals surface area contributed by atoms with E-state index in [1.807, 2.05) is 7.05 Å². The van der Waals surface area contributed by atoms with E-state index in [0.29, 0.717) is 6.04 Å². The Labute approximate surface area is 195 Å². The predicted octanol–water partition coefficient (Wildman–Crippen LogP) is 2.71. The van der Waals surface area contributed by atoms with Crippen molar-refractivity contribution >= 4 is 35.6 Å². The number of anilines is 1. The molecule has 0 spiro atoms. The Bertz CT molecular complexity index is 560. The number of hydrogen-bond donors (Lipinski definition) is 2. The maximum atomic E-state index is 4.38. The maximum Gasteiger partial charge on any atom is 0.191 e. The van der Waals surface area contributed by atoms with Crippen LogP contribution in [0.5, 0.6) is 0 Å². The molecule has 29 heavy (non-hydrogen) atoms. The van der Waals surface area contributed by atoms with Gasteiger partial charge in [0.2, 0.25) is 0 Å². The fourth-order valence-corrected chi connectivity index (χ4v) is 3.70. The molecule has 0 radical (unpaired) electrons. The molecule has 166 valence electrons. The molecule has 1 unspecified atom stereocenters. The zero-order valence-corrected chi connectivity index (χ0v) is 21.1. The third-order valence-electron chi connectivity index (χ3n) is 5.67. The Hall–Kier alpha value is -1.06. The molecule has 1 saturated heterocycles. The normalized spacial score (nSPS) is 16.8. The van der Waals surface area contributed by atoms with Crippen molar-refractivity contribution in [3.8, 4) is 0 Å². The van der Waals surface area contributed by atoms with E-state index in [2.05, 4.69) is 81.4 Å². The molecule has 0 bridgehead atoms. The number of benzene rings is 1. The molecule has 0 saturated carbocycles. The van der Waals surface area contributed by atoms with E-state index in [-0.39, 0.29) is 24.0 Å². The molecule has 1 atom stereocenters. The molecule has 2 N–H and O–H groups in total. The van der Waals surface area contributed by atoms with Crippen molar-refractivity contribution in [3.63, 3.8) is 0 Å². The fraction of sp³-hybridized carbons (Fsp3) is 0.682. The lowest BCUT2D eigenvalue weighted by Crippen LogP contribution is -2.53. The number of piperazine rings is 1. The summed E-state index contributed by atoms with van der Waals surface area (Å²) < 4.78 is 0. The van der Waals surface area contributed by atoms with E-state index in [0.717, 1.165) is 58.2 Å². The third kappa shape index (κ3) is 9.09. The first-order valence-corrected chi connectivity index (χ1v) is 10.9. The average molecular weight is 517 g/mol. The molecule has 2 rings (SSSR count). The molecule has 1 aliphatic heterocycles. The summed E-state index contributed by atoms with van der Waals surface area (Å²) in [7, 11) is 1.85. The summed E-state index contributed by atoms with van der Waals surface area (Å²) in [5.41, 5.74) is 1.30. The van der Waals surface area contributed by atoms with Gasteiger partial charge in [-0.05, 0) is 38.9 Å². The van der Waals surface area contributed by atoms with Gasteiger partial charge in [0.25, 0.3) is 0 Å². The SMILES string of the molecule is CCN1CCN(C(C)CNC(=NC)NCCCN(CC)c2ccccc2)CC1.I. The maximum absolute atomic E-state index is 4.38. The van der Waals surface area contributed by atoms with Crippen LogP contribution in [0, 0.1) is 0 Å². The van der Waals surface area contributed by atoms with Gasteiger partial charge in [0.15, 0.2) is 5.96 Å². The Kier molecular flexibility index (Phi) is 13.3. The number of rotatable bonds is 10. The monoisotopic (exact) mass is 516 g/mol. The van der Waals surface area contributed by atoms with Gasteiger partial charge in [-0.1, -0.05) is 25.1 Å². The van der Waals surface area contributed by atoms with Crippen LogP contribution < -0.4 is 15.5 Å². The van der Waals surface area contributed by atoms with Crippen molar-refractivity contribution in [3.05, 3.63) is 30.3 Å². The van der Waals surface area contributed by atoms with Gasteiger partial charge < -0.3 is 20.4 Å². The van der Waals surface area contributed by atoms with Crippen molar-refractivity contribution in [1.29, 1.82) is 0 Å². The van der Waals surface area contributed by atoms with Gasteiger partial charge in [0.05, 0.1) is 0 Å². The molecule has 1 heterocycles. The topological polar surface area (TPSA) is 46.1 Å². The van der Waals surface area contributed by atoms with Crippen molar-refractivity contribution in [1.82, 2.24) is 20.4 Å². The number of hydrogen-bond acceptors (Lipinski definition) is 4. The average Bonchev–Trinajstić information content (AvgIpc) is 2.76. The lowest BCUT2D eigenvalue weighted by Gasteiger charge is -2.37. The van der Waals surface area contributed by atoms with Gasteiger partial charge in [0.1, 0.15) is 0 Å². The van der Waals surface area contributed by atoms with E-state index in [4.69, 9.17) is 0 Å². The van der Waals surface area contributed by atoms with Gasteiger partial charge in [-0.25, -0.2) is 0 Å². The highest BCUT2D eigenvalue weighted by Crippen LogP contribution is 2.12. The van der Waals surface area contributed by atoms with Crippen LogP contribution in [0.3, 0.4) is 0 Å². The summed E-state index contributed by atoms with van der Waals surface area (Å²) in [4.78, 5) is 11.9. The zero-order valence-electron chi connectivity index (χ0n) is 18.7. The van der Waals surface area contributed by atoms with E-state index in [1.165, 1.54) is 18.8 Å². The van der Waals surface area contributed by atoms with E-state index in [1.54, 1.807) is 0 Å². The van der Waals surface area contributed by atoms with Crippen LogP contribution in [0.4, 0.5) is 5.69 Å². The number of nitrogens with zero attached hydrogens (tertiary/aromatic N) is 4. The first-order valence-electron chi connectivity index (χ1n) is 10.9. The van der Waals surface area contributed by atoms with Crippen molar-refractivity contribution in [2.24, 2.45) is 4.99 Å². The van der Waals surface area contributed by atoms with Crippen LogP contribution in [0.15, 0.2) is 35.3 Å². The van der Waals surface area contributed by atoms with Crippen LogP contribution >= 0.6 is 24.0 Å². The van der Waals surface area contributed by atoms with Crippen LogP contribution in [0.25, 0.3) is 0 Å². The van der Waals surface area contributed by atoms with Gasteiger partial charge in [0, 0.05) is 71.1 Å². The van der Waals surface area contributed by atoms with Crippen molar-refractivity contribution < 1.29 is 0 Å². The highest BCUT2D eigenvalue weighted by Gasteiger charge is 2.20. The van der Waals surface area contributed by atoms with Crippen LogP contribution in [0.2, 0.25) is 0 Å². The molecule has 1 aromatic rings. The number of likely N-dealkylation sites (N-methyl/N-ethyl adjacent to an activating group) is 1. The minimum atomic E-state index is 0. The minimum absolute atomic E-state index is 0. The highest BCUT2D eigenvalue weighted by atomic mass is 127. The van der Waals surface area contributed by atoms with E-state index >= 15 is 0 Å². The molecule has 0 amide bonds. The first kappa shape index (κ1) is 26.0. The van der Waals surface area contributed by atoms with Crippen molar-refractivity contribution in [2.75, 3.05) is 70.9 Å². The lowest BCUT2D eigenvalue weighted by atomic mass is 10.2. The second kappa shape index (κ2) is 14.8. The predicted molar refractivity (Wildman–Crippen MR) is 137 cm³/mol. The third-order valence-corrected chi connectivity index (χ3v) is 5.67. The standard InChI is InChI=1S/C22H40N6.HI/c1-5-26-15-17-28(18-16-26)20(3)19-25-22(23-4)24-13-10-14-27(6-2)21-11-8-7-9-12-21;/h7-9,11-12,20H,5-6,10,13-19H2,1-4H3,(H2,23,24,25);1H. The highest BCUT2D eigenvalue weighted by molar-refractivity contribution is 14.0. The molecular weight excluding hydrogens is 475 g/mol. The largest absolute Gasteiger partial charge is 0.372 e.